The second-order valence-electron chi connectivity index (χ2n) is 8.35. The summed E-state index contributed by atoms with van der Waals surface area (Å²) in [6.45, 7) is 8.09. The largest absolute Gasteiger partial charge is 0.379 e. The molecular weight excluding hydrogens is 405 g/mol. The molecule has 3 aromatic rings. The van der Waals surface area contributed by atoms with Gasteiger partial charge in [0.05, 0.1) is 13.2 Å². The number of aryl methyl sites for hydroxylation is 1. The normalized spacial score (nSPS) is 15.7. The van der Waals surface area contributed by atoms with Gasteiger partial charge in [0.1, 0.15) is 5.82 Å². The molecule has 0 saturated carbocycles. The van der Waals surface area contributed by atoms with Gasteiger partial charge < -0.3 is 14.6 Å². The Kier molecular flexibility index (Phi) is 7.55. The third-order valence-corrected chi connectivity index (χ3v) is 6.27. The predicted octanol–water partition coefficient (Wildman–Crippen LogP) is 4.16. The number of hydrogen-bond acceptors (Lipinski definition) is 3. The Labute approximate surface area is 189 Å². The van der Waals surface area contributed by atoms with Gasteiger partial charge in [-0.3, -0.25) is 9.69 Å². The van der Waals surface area contributed by atoms with Crippen molar-refractivity contribution in [2.45, 2.75) is 32.2 Å². The number of amides is 1. The van der Waals surface area contributed by atoms with Crippen LogP contribution >= 0.6 is 0 Å². The fourth-order valence-corrected chi connectivity index (χ4v) is 4.53. The summed E-state index contributed by atoms with van der Waals surface area (Å²) >= 11 is 0. The Morgan fingerprint density at radius 3 is 2.62 bits per heavy atom. The van der Waals surface area contributed by atoms with Crippen molar-refractivity contribution >= 4 is 16.8 Å². The number of nitrogens with one attached hydrogen (secondary N) is 1. The van der Waals surface area contributed by atoms with Crippen molar-refractivity contribution in [3.63, 3.8) is 0 Å². The van der Waals surface area contributed by atoms with Crippen LogP contribution in [-0.4, -0.2) is 54.8 Å². The molecule has 1 aromatic heterocycles. The third kappa shape index (κ3) is 5.37. The van der Waals surface area contributed by atoms with Crippen LogP contribution < -0.4 is 5.32 Å². The molecule has 0 radical (unpaired) electrons. The first-order valence-corrected chi connectivity index (χ1v) is 11.6. The third-order valence-electron chi connectivity index (χ3n) is 6.27. The Morgan fingerprint density at radius 2 is 1.88 bits per heavy atom. The Bertz CT molecular complexity index is 1030. The Morgan fingerprint density at radius 1 is 1.12 bits per heavy atom. The number of hydrogen-bond donors (Lipinski definition) is 1. The van der Waals surface area contributed by atoms with E-state index in [0.717, 1.165) is 67.8 Å². The molecule has 4 rings (SSSR count). The van der Waals surface area contributed by atoms with E-state index >= 15 is 0 Å². The summed E-state index contributed by atoms with van der Waals surface area (Å²) in [7, 11) is 0. The average molecular weight is 438 g/mol. The summed E-state index contributed by atoms with van der Waals surface area (Å²) in [5.74, 6) is -0.377. The minimum atomic E-state index is -0.268. The number of carbonyl (C=O) groups is 1. The fourth-order valence-electron chi connectivity index (χ4n) is 4.53. The van der Waals surface area contributed by atoms with Crippen molar-refractivity contribution in [1.29, 1.82) is 0 Å². The van der Waals surface area contributed by atoms with Gasteiger partial charge in [-0.25, -0.2) is 4.39 Å². The molecule has 1 atom stereocenters. The maximum Gasteiger partial charge on any atom is 0.220 e. The first-order valence-electron chi connectivity index (χ1n) is 11.6. The summed E-state index contributed by atoms with van der Waals surface area (Å²) in [4.78, 5) is 15.3. The average Bonchev–Trinajstić information content (AvgIpc) is 3.20. The monoisotopic (exact) mass is 437 g/mol. The number of aromatic nitrogens is 1. The number of halogens is 1. The van der Waals surface area contributed by atoms with E-state index in [1.165, 1.54) is 12.1 Å². The van der Waals surface area contributed by atoms with Gasteiger partial charge in [0.15, 0.2) is 0 Å². The van der Waals surface area contributed by atoms with Gasteiger partial charge in [0.25, 0.3) is 0 Å². The fraction of sp³-hybridized carbons (Fsp3) is 0.423. The van der Waals surface area contributed by atoms with Crippen LogP contribution in [0.1, 0.15) is 36.8 Å². The van der Waals surface area contributed by atoms with Crippen LogP contribution in [0.5, 0.6) is 0 Å². The van der Waals surface area contributed by atoms with Gasteiger partial charge in [-0.05, 0) is 49.2 Å². The lowest BCUT2D eigenvalue weighted by molar-refractivity contribution is -0.121. The lowest BCUT2D eigenvalue weighted by Crippen LogP contribution is -2.38. The van der Waals surface area contributed by atoms with Crippen LogP contribution in [0.25, 0.3) is 10.9 Å². The molecule has 170 valence electrons. The molecule has 0 spiro atoms. The summed E-state index contributed by atoms with van der Waals surface area (Å²) in [6.07, 6.45) is 3.40. The molecule has 5 nitrogen and oxygen atoms in total. The number of fused-ring (bicyclic) bond motifs is 1. The van der Waals surface area contributed by atoms with E-state index in [9.17, 15) is 9.18 Å². The minimum Gasteiger partial charge on any atom is -0.379 e. The van der Waals surface area contributed by atoms with E-state index in [1.807, 2.05) is 12.1 Å². The SMILES string of the molecule is CCn1cc([C@@H](CC(=O)NCCCN2CCOCC2)c2ccc(F)cc2)c2ccccc21. The number of ether oxygens (including phenoxy) is 1. The van der Waals surface area contributed by atoms with Crippen molar-refractivity contribution in [2.75, 3.05) is 39.4 Å². The second-order valence-corrected chi connectivity index (χ2v) is 8.35. The second kappa shape index (κ2) is 10.7. The quantitative estimate of drug-likeness (QED) is 0.512. The highest BCUT2D eigenvalue weighted by Gasteiger charge is 2.22. The van der Waals surface area contributed by atoms with Gasteiger partial charge in [0.2, 0.25) is 5.91 Å². The predicted molar refractivity (Wildman–Crippen MR) is 125 cm³/mol. The minimum absolute atomic E-state index is 0.0228. The number of rotatable bonds is 9. The number of nitrogens with zero attached hydrogens (tertiary/aromatic N) is 2. The van der Waals surface area contributed by atoms with Gasteiger partial charge in [-0.15, -0.1) is 0 Å². The molecule has 1 amide bonds. The molecule has 1 aliphatic rings. The van der Waals surface area contributed by atoms with Crippen LogP contribution in [0.3, 0.4) is 0 Å². The highest BCUT2D eigenvalue weighted by Crippen LogP contribution is 2.34. The van der Waals surface area contributed by atoms with Crippen LogP contribution in [0.4, 0.5) is 4.39 Å². The van der Waals surface area contributed by atoms with Crippen molar-refractivity contribution in [3.05, 3.63) is 71.7 Å². The van der Waals surface area contributed by atoms with E-state index in [4.69, 9.17) is 4.74 Å². The van der Waals surface area contributed by atoms with Gasteiger partial charge >= 0.3 is 0 Å². The molecule has 0 bridgehead atoms. The van der Waals surface area contributed by atoms with Gasteiger partial charge in [-0.2, -0.15) is 0 Å². The van der Waals surface area contributed by atoms with E-state index < -0.39 is 0 Å². The molecular formula is C26H32FN3O2. The first-order chi connectivity index (χ1) is 15.7. The topological polar surface area (TPSA) is 46.5 Å². The van der Waals surface area contributed by atoms with E-state index in [1.54, 1.807) is 12.1 Å². The summed E-state index contributed by atoms with van der Waals surface area (Å²) in [5, 5.41) is 4.24. The van der Waals surface area contributed by atoms with E-state index in [2.05, 4.69) is 40.0 Å². The van der Waals surface area contributed by atoms with E-state index in [0.29, 0.717) is 13.0 Å². The number of morpholine rings is 1. The van der Waals surface area contributed by atoms with Gasteiger partial charge in [0, 0.05) is 55.6 Å². The lowest BCUT2D eigenvalue weighted by atomic mass is 9.88. The Balaban J connectivity index is 1.48. The number of para-hydroxylation sites is 1. The maximum absolute atomic E-state index is 13.6. The van der Waals surface area contributed by atoms with Crippen molar-refractivity contribution < 1.29 is 13.9 Å². The number of carbonyl (C=O) groups excluding carboxylic acids is 1. The highest BCUT2D eigenvalue weighted by molar-refractivity contribution is 5.86. The summed E-state index contributed by atoms with van der Waals surface area (Å²) in [6, 6.07) is 14.8. The van der Waals surface area contributed by atoms with Crippen molar-refractivity contribution in [3.8, 4) is 0 Å². The molecule has 0 unspecified atom stereocenters. The zero-order chi connectivity index (χ0) is 22.3. The van der Waals surface area contributed by atoms with Crippen LogP contribution in [0, 0.1) is 5.82 Å². The Hall–Kier alpha value is -2.70. The lowest BCUT2D eigenvalue weighted by Gasteiger charge is -2.26. The molecule has 1 saturated heterocycles. The maximum atomic E-state index is 13.6. The van der Waals surface area contributed by atoms with Crippen LogP contribution in [-0.2, 0) is 16.1 Å². The molecule has 1 fully saturated rings. The zero-order valence-corrected chi connectivity index (χ0v) is 18.7. The smallest absolute Gasteiger partial charge is 0.220 e. The molecule has 1 aliphatic heterocycles. The van der Waals surface area contributed by atoms with Crippen LogP contribution in [0.2, 0.25) is 0 Å². The standard InChI is InChI=1S/C26H32FN3O2/c1-2-30-19-24(22-6-3-4-7-25(22)30)23(20-8-10-21(27)11-9-20)18-26(31)28-12-5-13-29-14-16-32-17-15-29/h3-4,6-11,19,23H,2,5,12-18H2,1H3,(H,28,31)/t23-/m0/s1. The molecule has 32 heavy (non-hydrogen) atoms. The summed E-state index contributed by atoms with van der Waals surface area (Å²) < 4.78 is 21.2. The van der Waals surface area contributed by atoms with Crippen LogP contribution in [0.15, 0.2) is 54.7 Å². The van der Waals surface area contributed by atoms with Crippen molar-refractivity contribution in [1.82, 2.24) is 14.8 Å². The molecule has 2 heterocycles. The first kappa shape index (κ1) is 22.5. The summed E-state index contributed by atoms with van der Waals surface area (Å²) in [5.41, 5.74) is 3.22. The van der Waals surface area contributed by atoms with Crippen molar-refractivity contribution in [2.24, 2.45) is 0 Å². The highest BCUT2D eigenvalue weighted by atomic mass is 19.1. The zero-order valence-electron chi connectivity index (χ0n) is 18.7. The molecule has 6 heteroatoms. The molecule has 2 aromatic carbocycles. The number of benzene rings is 2. The van der Waals surface area contributed by atoms with Gasteiger partial charge in [-0.1, -0.05) is 30.3 Å². The molecule has 0 aliphatic carbocycles. The molecule has 1 N–H and O–H groups in total. The van der Waals surface area contributed by atoms with E-state index in [-0.39, 0.29) is 17.6 Å².